The number of hydrogen-bond donors (Lipinski definition) is 3. The molecule has 0 saturated heterocycles. The Balaban J connectivity index is 3.41. The summed E-state index contributed by atoms with van der Waals surface area (Å²) in [6.07, 6.45) is 2.03. The Bertz CT molecular complexity index is 91.0. The van der Waals surface area contributed by atoms with Gasteiger partial charge in [0.2, 0.25) is 0 Å². The molecule has 0 aromatic carbocycles. The number of aliphatic hydroxyl groups excluding tert-OH is 2. The third kappa shape index (κ3) is 5.99. The highest BCUT2D eigenvalue weighted by Gasteiger charge is 2.07. The van der Waals surface area contributed by atoms with Crippen molar-refractivity contribution in [3.8, 4) is 0 Å². The summed E-state index contributed by atoms with van der Waals surface area (Å²) >= 11 is 0. The van der Waals surface area contributed by atoms with Crippen LogP contribution in [-0.2, 0) is 4.84 Å². The summed E-state index contributed by atoms with van der Waals surface area (Å²) in [4.78, 5) is 5.15. The zero-order valence-electron chi connectivity index (χ0n) is 8.49. The van der Waals surface area contributed by atoms with Gasteiger partial charge in [0.15, 0.2) is 0 Å². The predicted octanol–water partition coefficient (Wildman–Crippen LogP) is 0.297. The normalized spacial score (nSPS) is 11.5. The van der Waals surface area contributed by atoms with Crippen LogP contribution in [-0.4, -0.2) is 36.1 Å². The van der Waals surface area contributed by atoms with Crippen LogP contribution in [0.25, 0.3) is 0 Å². The Kier molecular flexibility index (Phi) is 8.33. The second-order valence-electron chi connectivity index (χ2n) is 3.17. The summed E-state index contributed by atoms with van der Waals surface area (Å²) in [5.41, 5.74) is 2.90. The summed E-state index contributed by atoms with van der Waals surface area (Å²) in [5, 5.41) is 17.5. The van der Waals surface area contributed by atoms with E-state index in [1.165, 1.54) is 0 Å². The molecular formula is C9H21NO3. The van der Waals surface area contributed by atoms with Gasteiger partial charge in [-0.1, -0.05) is 13.8 Å². The molecule has 4 nitrogen and oxygen atoms in total. The van der Waals surface area contributed by atoms with Gasteiger partial charge < -0.3 is 15.1 Å². The predicted molar refractivity (Wildman–Crippen MR) is 51.1 cm³/mol. The molecule has 4 heteroatoms. The Morgan fingerprint density at radius 2 is 1.69 bits per heavy atom. The maximum absolute atomic E-state index is 8.74. The molecule has 0 rings (SSSR count). The highest BCUT2D eigenvalue weighted by atomic mass is 16.6. The molecule has 0 saturated carbocycles. The van der Waals surface area contributed by atoms with E-state index in [0.29, 0.717) is 12.6 Å². The fourth-order valence-electron chi connectivity index (χ4n) is 0.902. The molecule has 0 aliphatic rings. The standard InChI is InChI=1S/C9H21NO3/c1-3-9(4-2)10-13-7-8(5-11)6-12/h8-12H,3-7H2,1-2H3. The lowest BCUT2D eigenvalue weighted by Gasteiger charge is -2.16. The molecule has 80 valence electrons. The molecule has 0 atom stereocenters. The lowest BCUT2D eigenvalue weighted by atomic mass is 10.2. The van der Waals surface area contributed by atoms with E-state index in [9.17, 15) is 0 Å². The minimum atomic E-state index is -0.179. The van der Waals surface area contributed by atoms with Gasteiger partial charge in [0, 0.05) is 12.0 Å². The van der Waals surface area contributed by atoms with Gasteiger partial charge in [0.1, 0.15) is 0 Å². The number of nitrogens with one attached hydrogen (secondary N) is 1. The maximum atomic E-state index is 8.74. The van der Waals surface area contributed by atoms with E-state index < -0.39 is 0 Å². The van der Waals surface area contributed by atoms with Gasteiger partial charge >= 0.3 is 0 Å². The van der Waals surface area contributed by atoms with Crippen molar-refractivity contribution in [2.24, 2.45) is 5.92 Å². The van der Waals surface area contributed by atoms with Crippen LogP contribution in [0, 0.1) is 5.92 Å². The van der Waals surface area contributed by atoms with E-state index in [1.54, 1.807) is 0 Å². The Morgan fingerprint density at radius 3 is 2.08 bits per heavy atom. The van der Waals surface area contributed by atoms with Gasteiger partial charge in [-0.15, -0.1) is 0 Å². The third-order valence-electron chi connectivity index (χ3n) is 2.07. The second kappa shape index (κ2) is 8.44. The van der Waals surface area contributed by atoms with Crippen LogP contribution >= 0.6 is 0 Å². The first-order valence-corrected chi connectivity index (χ1v) is 4.87. The molecule has 0 aliphatic heterocycles. The van der Waals surface area contributed by atoms with Crippen molar-refractivity contribution in [3.63, 3.8) is 0 Å². The maximum Gasteiger partial charge on any atom is 0.0754 e. The molecule has 0 heterocycles. The van der Waals surface area contributed by atoms with E-state index in [4.69, 9.17) is 15.1 Å². The molecule has 0 aromatic heterocycles. The quantitative estimate of drug-likeness (QED) is 0.483. The van der Waals surface area contributed by atoms with Crippen LogP contribution in [0.2, 0.25) is 0 Å². The van der Waals surface area contributed by atoms with E-state index in [0.717, 1.165) is 12.8 Å². The number of hydrogen-bond acceptors (Lipinski definition) is 4. The lowest BCUT2D eigenvalue weighted by molar-refractivity contribution is -0.0283. The zero-order valence-corrected chi connectivity index (χ0v) is 8.49. The van der Waals surface area contributed by atoms with Gasteiger partial charge in [-0.25, -0.2) is 0 Å². The molecule has 0 spiro atoms. The molecule has 3 N–H and O–H groups in total. The van der Waals surface area contributed by atoms with Crippen molar-refractivity contribution >= 4 is 0 Å². The molecule has 0 bridgehead atoms. The highest BCUT2D eigenvalue weighted by Crippen LogP contribution is 1.98. The first-order chi connectivity index (χ1) is 6.28. The van der Waals surface area contributed by atoms with Gasteiger partial charge in [0.25, 0.3) is 0 Å². The van der Waals surface area contributed by atoms with E-state index >= 15 is 0 Å². The molecule has 0 aromatic rings. The van der Waals surface area contributed by atoms with Crippen LogP contribution in [0.15, 0.2) is 0 Å². The number of rotatable bonds is 8. The average Bonchev–Trinajstić information content (AvgIpc) is 2.19. The summed E-state index contributed by atoms with van der Waals surface area (Å²) in [6, 6.07) is 0.359. The van der Waals surface area contributed by atoms with Crippen LogP contribution in [0.5, 0.6) is 0 Å². The topological polar surface area (TPSA) is 61.7 Å². The monoisotopic (exact) mass is 191 g/mol. The van der Waals surface area contributed by atoms with E-state index in [2.05, 4.69) is 19.3 Å². The first-order valence-electron chi connectivity index (χ1n) is 4.87. The fraction of sp³-hybridized carbons (Fsp3) is 1.00. The minimum absolute atomic E-state index is 0.0406. The van der Waals surface area contributed by atoms with Gasteiger partial charge in [-0.05, 0) is 12.8 Å². The summed E-state index contributed by atoms with van der Waals surface area (Å²) in [5.74, 6) is -0.179. The van der Waals surface area contributed by atoms with E-state index in [-0.39, 0.29) is 19.1 Å². The van der Waals surface area contributed by atoms with Crippen LogP contribution in [0.1, 0.15) is 26.7 Å². The van der Waals surface area contributed by atoms with Crippen molar-refractivity contribution in [3.05, 3.63) is 0 Å². The Morgan fingerprint density at radius 1 is 1.15 bits per heavy atom. The Labute approximate surface area is 79.9 Å². The smallest absolute Gasteiger partial charge is 0.0754 e. The van der Waals surface area contributed by atoms with Crippen LogP contribution < -0.4 is 5.48 Å². The van der Waals surface area contributed by atoms with Crippen molar-refractivity contribution in [2.45, 2.75) is 32.7 Å². The van der Waals surface area contributed by atoms with Crippen molar-refractivity contribution in [1.29, 1.82) is 0 Å². The van der Waals surface area contributed by atoms with Crippen molar-refractivity contribution in [1.82, 2.24) is 5.48 Å². The number of aliphatic hydroxyl groups is 2. The summed E-state index contributed by atoms with van der Waals surface area (Å²) in [6.45, 7) is 4.44. The molecule has 13 heavy (non-hydrogen) atoms. The Hall–Kier alpha value is -0.160. The molecule has 0 unspecified atom stereocenters. The number of hydroxylamine groups is 1. The van der Waals surface area contributed by atoms with Crippen molar-refractivity contribution in [2.75, 3.05) is 19.8 Å². The molecule has 0 fully saturated rings. The zero-order chi connectivity index (χ0) is 10.1. The SMILES string of the molecule is CCC(CC)NOCC(CO)CO. The average molecular weight is 191 g/mol. The minimum Gasteiger partial charge on any atom is -0.396 e. The first kappa shape index (κ1) is 12.8. The molecular weight excluding hydrogens is 170 g/mol. The third-order valence-corrected chi connectivity index (χ3v) is 2.07. The lowest BCUT2D eigenvalue weighted by Crippen LogP contribution is -2.31. The van der Waals surface area contributed by atoms with Gasteiger partial charge in [0.05, 0.1) is 19.8 Å². The second-order valence-corrected chi connectivity index (χ2v) is 3.17. The fourth-order valence-corrected chi connectivity index (χ4v) is 0.902. The molecule has 0 radical (unpaired) electrons. The van der Waals surface area contributed by atoms with E-state index in [1.807, 2.05) is 0 Å². The summed E-state index contributed by atoms with van der Waals surface area (Å²) < 4.78 is 0. The van der Waals surface area contributed by atoms with Gasteiger partial charge in [-0.3, -0.25) is 0 Å². The van der Waals surface area contributed by atoms with Crippen LogP contribution in [0.4, 0.5) is 0 Å². The highest BCUT2D eigenvalue weighted by molar-refractivity contribution is 4.56. The summed E-state index contributed by atoms with van der Waals surface area (Å²) in [7, 11) is 0. The van der Waals surface area contributed by atoms with Crippen LogP contribution in [0.3, 0.4) is 0 Å². The van der Waals surface area contributed by atoms with Gasteiger partial charge in [-0.2, -0.15) is 5.48 Å². The van der Waals surface area contributed by atoms with Crippen molar-refractivity contribution < 1.29 is 15.1 Å². The largest absolute Gasteiger partial charge is 0.396 e. The molecule has 0 amide bonds. The molecule has 0 aliphatic carbocycles.